The average Bonchev–Trinajstić information content (AvgIpc) is 3.29. The summed E-state index contributed by atoms with van der Waals surface area (Å²) in [5.41, 5.74) is 9.56. The Kier molecular flexibility index (Phi) is 6.78. The number of methoxy groups -OCH3 is 1. The summed E-state index contributed by atoms with van der Waals surface area (Å²) >= 11 is 0. The van der Waals surface area contributed by atoms with Gasteiger partial charge in [0.2, 0.25) is 11.8 Å². The first kappa shape index (κ1) is 22.6. The summed E-state index contributed by atoms with van der Waals surface area (Å²) in [4.78, 5) is 27.4. The van der Waals surface area contributed by atoms with E-state index < -0.39 is 5.41 Å². The lowest BCUT2D eigenvalue weighted by molar-refractivity contribution is -0.132. The second-order valence-corrected chi connectivity index (χ2v) is 8.76. The molecular formula is C28H30N2O3. The number of hydrogen-bond donors (Lipinski definition) is 1. The average molecular weight is 443 g/mol. The van der Waals surface area contributed by atoms with Crippen molar-refractivity contribution in [1.82, 2.24) is 4.90 Å². The van der Waals surface area contributed by atoms with Gasteiger partial charge in [-0.1, -0.05) is 66.7 Å². The number of likely N-dealkylation sites (tertiary alicyclic amines) is 1. The van der Waals surface area contributed by atoms with Crippen LogP contribution in [0, 0.1) is 5.41 Å². The summed E-state index contributed by atoms with van der Waals surface area (Å²) in [6, 6.07) is 26.0. The molecule has 2 N–H and O–H groups in total. The molecule has 0 bridgehead atoms. The van der Waals surface area contributed by atoms with Gasteiger partial charge < -0.3 is 15.4 Å². The fourth-order valence-corrected chi connectivity index (χ4v) is 4.66. The van der Waals surface area contributed by atoms with Gasteiger partial charge in [-0.25, -0.2) is 0 Å². The van der Waals surface area contributed by atoms with Gasteiger partial charge in [0.15, 0.2) is 0 Å². The van der Waals surface area contributed by atoms with Gasteiger partial charge in [-0.05, 0) is 53.6 Å². The third-order valence-electron chi connectivity index (χ3n) is 6.65. The summed E-state index contributed by atoms with van der Waals surface area (Å²) in [7, 11) is 1.63. The standard InChI is InChI=1S/C28H30N2O3/c1-33-24-14-11-21(12-15-24)13-16-26(31)30-18-17-28(20-30,27(29)32)19-23-9-5-6-10-25(23)22-7-3-2-4-8-22/h2-12,14-15H,13,16-20H2,1H3,(H2,29,32). The van der Waals surface area contributed by atoms with Crippen molar-refractivity contribution in [2.75, 3.05) is 20.2 Å². The SMILES string of the molecule is COc1ccc(CCC(=O)N2CCC(Cc3ccccc3-c3ccccc3)(C(N)=O)C2)cc1. The van der Waals surface area contributed by atoms with E-state index in [-0.39, 0.29) is 11.8 Å². The minimum atomic E-state index is -0.749. The molecule has 2 amide bonds. The molecule has 1 aliphatic heterocycles. The normalized spacial score (nSPS) is 17.7. The van der Waals surface area contributed by atoms with E-state index in [4.69, 9.17) is 10.5 Å². The number of nitrogens with zero attached hydrogens (tertiary/aromatic N) is 1. The van der Waals surface area contributed by atoms with Crippen molar-refractivity contribution in [3.63, 3.8) is 0 Å². The van der Waals surface area contributed by atoms with Crippen molar-refractivity contribution >= 4 is 11.8 Å². The highest BCUT2D eigenvalue weighted by Gasteiger charge is 2.44. The topological polar surface area (TPSA) is 72.6 Å². The first-order valence-electron chi connectivity index (χ1n) is 11.3. The molecule has 0 radical (unpaired) electrons. The number of benzene rings is 3. The smallest absolute Gasteiger partial charge is 0.225 e. The largest absolute Gasteiger partial charge is 0.497 e. The van der Waals surface area contributed by atoms with Crippen LogP contribution in [0.15, 0.2) is 78.9 Å². The van der Waals surface area contributed by atoms with Crippen LogP contribution in [0.4, 0.5) is 0 Å². The molecule has 0 saturated carbocycles. The predicted molar refractivity (Wildman–Crippen MR) is 130 cm³/mol. The molecular weight excluding hydrogens is 412 g/mol. The maximum Gasteiger partial charge on any atom is 0.225 e. The maximum atomic E-state index is 12.9. The number of nitrogens with two attached hydrogens (primary N) is 1. The number of carbonyl (C=O) groups is 2. The highest BCUT2D eigenvalue weighted by molar-refractivity contribution is 5.85. The Morgan fingerprint density at radius 2 is 1.67 bits per heavy atom. The zero-order valence-electron chi connectivity index (χ0n) is 19.0. The third-order valence-corrected chi connectivity index (χ3v) is 6.65. The van der Waals surface area contributed by atoms with E-state index in [0.717, 1.165) is 28.0 Å². The Labute approximate surface area is 195 Å². The molecule has 0 aromatic heterocycles. The fourth-order valence-electron chi connectivity index (χ4n) is 4.66. The molecule has 5 nitrogen and oxygen atoms in total. The van der Waals surface area contributed by atoms with Gasteiger partial charge in [0, 0.05) is 19.5 Å². The molecule has 3 aromatic carbocycles. The summed E-state index contributed by atoms with van der Waals surface area (Å²) in [6.07, 6.45) is 2.16. The first-order chi connectivity index (χ1) is 16.0. The van der Waals surface area contributed by atoms with Gasteiger partial charge in [-0.3, -0.25) is 9.59 Å². The molecule has 1 fully saturated rings. The van der Waals surface area contributed by atoms with Crippen LogP contribution in [-0.4, -0.2) is 36.9 Å². The van der Waals surface area contributed by atoms with E-state index >= 15 is 0 Å². The lowest BCUT2D eigenvalue weighted by Crippen LogP contribution is -2.42. The van der Waals surface area contributed by atoms with Crippen molar-refractivity contribution in [3.05, 3.63) is 90.0 Å². The molecule has 1 heterocycles. The van der Waals surface area contributed by atoms with E-state index in [2.05, 4.69) is 24.3 Å². The fraction of sp³-hybridized carbons (Fsp3) is 0.286. The number of primary amides is 1. The zero-order chi connectivity index (χ0) is 23.3. The van der Waals surface area contributed by atoms with Crippen LogP contribution in [0.3, 0.4) is 0 Å². The Hall–Kier alpha value is -3.60. The van der Waals surface area contributed by atoms with E-state index in [9.17, 15) is 9.59 Å². The van der Waals surface area contributed by atoms with E-state index in [1.165, 1.54) is 0 Å². The maximum absolute atomic E-state index is 12.9. The summed E-state index contributed by atoms with van der Waals surface area (Å²) in [5.74, 6) is 0.521. The quantitative estimate of drug-likeness (QED) is 0.567. The Morgan fingerprint density at radius 3 is 2.36 bits per heavy atom. The lowest BCUT2D eigenvalue weighted by Gasteiger charge is -2.27. The van der Waals surface area contributed by atoms with Gasteiger partial charge in [0.05, 0.1) is 12.5 Å². The second-order valence-electron chi connectivity index (χ2n) is 8.76. The second kappa shape index (κ2) is 9.90. The molecule has 33 heavy (non-hydrogen) atoms. The minimum absolute atomic E-state index is 0.0605. The third kappa shape index (κ3) is 5.08. The van der Waals surface area contributed by atoms with Crippen LogP contribution in [0.25, 0.3) is 11.1 Å². The van der Waals surface area contributed by atoms with Crippen LogP contribution >= 0.6 is 0 Å². The number of amides is 2. The first-order valence-corrected chi connectivity index (χ1v) is 11.3. The van der Waals surface area contributed by atoms with Crippen molar-refractivity contribution in [2.24, 2.45) is 11.1 Å². The number of aryl methyl sites for hydroxylation is 1. The van der Waals surface area contributed by atoms with E-state index in [1.807, 2.05) is 54.6 Å². The molecule has 1 unspecified atom stereocenters. The van der Waals surface area contributed by atoms with E-state index in [0.29, 0.717) is 38.8 Å². The Morgan fingerprint density at radius 1 is 0.970 bits per heavy atom. The predicted octanol–water partition coefficient (Wildman–Crippen LogP) is 4.24. The Balaban J connectivity index is 1.46. The Bertz CT molecular complexity index is 1110. The van der Waals surface area contributed by atoms with Crippen LogP contribution in [0.2, 0.25) is 0 Å². The molecule has 1 aliphatic rings. The van der Waals surface area contributed by atoms with Crippen molar-refractivity contribution in [1.29, 1.82) is 0 Å². The molecule has 4 rings (SSSR count). The van der Waals surface area contributed by atoms with Crippen molar-refractivity contribution in [3.8, 4) is 16.9 Å². The van der Waals surface area contributed by atoms with Crippen molar-refractivity contribution < 1.29 is 14.3 Å². The zero-order valence-corrected chi connectivity index (χ0v) is 19.0. The molecule has 5 heteroatoms. The lowest BCUT2D eigenvalue weighted by atomic mass is 9.78. The number of rotatable bonds is 8. The number of ether oxygens (including phenoxy) is 1. The molecule has 1 saturated heterocycles. The molecule has 0 aliphatic carbocycles. The van der Waals surface area contributed by atoms with Gasteiger partial charge in [-0.2, -0.15) is 0 Å². The van der Waals surface area contributed by atoms with E-state index in [1.54, 1.807) is 12.0 Å². The summed E-state index contributed by atoms with van der Waals surface area (Å²) < 4.78 is 5.19. The summed E-state index contributed by atoms with van der Waals surface area (Å²) in [5, 5.41) is 0. The van der Waals surface area contributed by atoms with Gasteiger partial charge in [0.1, 0.15) is 5.75 Å². The highest BCUT2D eigenvalue weighted by atomic mass is 16.5. The summed E-state index contributed by atoms with van der Waals surface area (Å²) in [6.45, 7) is 0.921. The highest BCUT2D eigenvalue weighted by Crippen LogP contribution is 2.37. The molecule has 3 aromatic rings. The van der Waals surface area contributed by atoms with Gasteiger partial charge >= 0.3 is 0 Å². The van der Waals surface area contributed by atoms with Crippen LogP contribution < -0.4 is 10.5 Å². The molecule has 170 valence electrons. The van der Waals surface area contributed by atoms with Gasteiger partial charge in [0.25, 0.3) is 0 Å². The minimum Gasteiger partial charge on any atom is -0.497 e. The molecule has 1 atom stereocenters. The van der Waals surface area contributed by atoms with Crippen LogP contribution in [-0.2, 0) is 22.4 Å². The van der Waals surface area contributed by atoms with Gasteiger partial charge in [-0.15, -0.1) is 0 Å². The van der Waals surface area contributed by atoms with Crippen LogP contribution in [0.1, 0.15) is 24.0 Å². The van der Waals surface area contributed by atoms with Crippen molar-refractivity contribution in [2.45, 2.75) is 25.7 Å². The van der Waals surface area contributed by atoms with Crippen LogP contribution in [0.5, 0.6) is 5.75 Å². The molecule has 0 spiro atoms. The number of carbonyl (C=O) groups excluding carboxylic acids is 2. The monoisotopic (exact) mass is 442 g/mol. The number of hydrogen-bond acceptors (Lipinski definition) is 3.